The van der Waals surface area contributed by atoms with Crippen molar-refractivity contribution in [2.24, 2.45) is 7.05 Å². The summed E-state index contributed by atoms with van der Waals surface area (Å²) in [5.41, 5.74) is 1.27. The molecule has 0 amide bonds. The molecule has 0 bridgehead atoms. The largest absolute Gasteiger partial charge is 0.325 e. The van der Waals surface area contributed by atoms with Crippen molar-refractivity contribution in [1.82, 2.24) is 9.55 Å². The van der Waals surface area contributed by atoms with Crippen LogP contribution in [0.25, 0.3) is 10.3 Å². The average Bonchev–Trinajstić information content (AvgIpc) is 2.63. The first kappa shape index (κ1) is 9.36. The van der Waals surface area contributed by atoms with E-state index in [2.05, 4.69) is 4.98 Å². The molecule has 0 saturated heterocycles. The smallest absolute Gasteiger partial charge is 0.186 e. The van der Waals surface area contributed by atoms with Gasteiger partial charge in [0.05, 0.1) is 16.0 Å². The zero-order valence-electron chi connectivity index (χ0n) is 7.15. The fraction of sp³-hybridized carbons (Fsp3) is 0.125. The van der Waals surface area contributed by atoms with Crippen LogP contribution in [0.3, 0.4) is 0 Å². The monoisotopic (exact) mass is 228 g/mol. The number of hydrogen-bond donors (Lipinski definition) is 0. The van der Waals surface area contributed by atoms with Crippen LogP contribution in [0.2, 0.25) is 4.47 Å². The Morgan fingerprint density at radius 1 is 1.43 bits per heavy atom. The molecule has 0 aliphatic heterocycles. The fourth-order valence-electron chi connectivity index (χ4n) is 1.36. The summed E-state index contributed by atoms with van der Waals surface area (Å²) in [6.07, 6.45) is 1.30. The van der Waals surface area contributed by atoms with Gasteiger partial charge in [0.15, 0.2) is 22.7 Å². The maximum absolute atomic E-state index is 10.8. The highest BCUT2D eigenvalue weighted by atomic mass is 35.5. The first-order chi connectivity index (χ1) is 6.69. The molecule has 0 spiro atoms. The van der Waals surface area contributed by atoms with E-state index in [0.717, 1.165) is 0 Å². The van der Waals surface area contributed by atoms with Gasteiger partial charge in [-0.1, -0.05) is 22.9 Å². The molecule has 0 aliphatic carbocycles. The minimum Gasteiger partial charge on any atom is -0.325 e. The van der Waals surface area contributed by atoms with Gasteiger partial charge in [0, 0.05) is 7.05 Å². The van der Waals surface area contributed by atoms with Crippen LogP contribution in [0.5, 0.6) is 0 Å². The van der Waals surface area contributed by atoms with Crippen molar-refractivity contribution in [3.63, 3.8) is 0 Å². The molecular weight excluding hydrogens is 224 g/mol. The number of thiazole rings is 1. The lowest BCUT2D eigenvalue weighted by atomic mass is 10.3. The third-order valence-corrected chi connectivity index (χ3v) is 3.19. The molecule has 0 aliphatic rings. The Bertz CT molecular complexity index is 529. The predicted molar refractivity (Wildman–Crippen MR) is 54.4 cm³/mol. The van der Waals surface area contributed by atoms with Crippen LogP contribution in [0.15, 0.2) is 0 Å². The second-order valence-corrected chi connectivity index (χ2v) is 4.29. The highest BCUT2D eigenvalue weighted by Crippen LogP contribution is 2.30. The van der Waals surface area contributed by atoms with Crippen LogP contribution in [-0.2, 0) is 7.05 Å². The number of halogens is 1. The van der Waals surface area contributed by atoms with E-state index >= 15 is 0 Å². The van der Waals surface area contributed by atoms with Crippen LogP contribution in [0.1, 0.15) is 20.8 Å². The van der Waals surface area contributed by atoms with Gasteiger partial charge in [-0.2, -0.15) is 0 Å². The number of nitrogens with zero attached hydrogens (tertiary/aromatic N) is 2. The molecule has 72 valence electrons. The Hall–Kier alpha value is -1.20. The maximum Gasteiger partial charge on any atom is 0.186 e. The quantitative estimate of drug-likeness (QED) is 0.738. The Labute approximate surface area is 88.1 Å². The van der Waals surface area contributed by atoms with E-state index < -0.39 is 0 Å². The summed E-state index contributed by atoms with van der Waals surface area (Å²) in [5, 5.41) is 0. The number of hydrogen-bond acceptors (Lipinski definition) is 4. The van der Waals surface area contributed by atoms with E-state index in [9.17, 15) is 9.59 Å². The van der Waals surface area contributed by atoms with Gasteiger partial charge in [-0.15, -0.1) is 0 Å². The Kier molecular flexibility index (Phi) is 2.13. The zero-order valence-corrected chi connectivity index (χ0v) is 8.72. The summed E-state index contributed by atoms with van der Waals surface area (Å²) in [6, 6.07) is 0. The van der Waals surface area contributed by atoms with Gasteiger partial charge in [0.2, 0.25) is 0 Å². The van der Waals surface area contributed by atoms with E-state index in [4.69, 9.17) is 11.6 Å². The Morgan fingerprint density at radius 3 is 2.71 bits per heavy atom. The molecule has 0 saturated carbocycles. The summed E-state index contributed by atoms with van der Waals surface area (Å²) in [4.78, 5) is 25.5. The summed E-state index contributed by atoms with van der Waals surface area (Å²) in [7, 11) is 1.68. The van der Waals surface area contributed by atoms with Gasteiger partial charge in [-0.3, -0.25) is 9.59 Å². The lowest BCUT2D eigenvalue weighted by molar-refractivity contribution is 0.109. The van der Waals surface area contributed by atoms with Gasteiger partial charge >= 0.3 is 0 Å². The average molecular weight is 229 g/mol. The first-order valence-electron chi connectivity index (χ1n) is 3.74. The van der Waals surface area contributed by atoms with Crippen molar-refractivity contribution < 1.29 is 9.59 Å². The molecule has 14 heavy (non-hydrogen) atoms. The molecule has 0 unspecified atom stereocenters. The third kappa shape index (κ3) is 1.09. The van der Waals surface area contributed by atoms with Crippen molar-refractivity contribution >= 4 is 45.9 Å². The van der Waals surface area contributed by atoms with Crippen LogP contribution < -0.4 is 0 Å². The summed E-state index contributed by atoms with van der Waals surface area (Å²) < 4.78 is 2.59. The van der Waals surface area contributed by atoms with Crippen LogP contribution in [0, 0.1) is 0 Å². The number of aromatic nitrogens is 2. The SMILES string of the molecule is Cn1c(C=O)c(C=O)c2sc(Cl)nc21. The molecule has 2 rings (SSSR count). The first-order valence-corrected chi connectivity index (χ1v) is 4.93. The second kappa shape index (κ2) is 3.18. The van der Waals surface area contributed by atoms with Gasteiger partial charge in [-0.25, -0.2) is 4.98 Å². The van der Waals surface area contributed by atoms with E-state index in [1.54, 1.807) is 11.6 Å². The number of carbonyl (C=O) groups is 2. The van der Waals surface area contributed by atoms with Crippen LogP contribution in [0.4, 0.5) is 0 Å². The Balaban J connectivity index is 2.94. The lowest BCUT2D eigenvalue weighted by Crippen LogP contribution is -1.97. The number of rotatable bonds is 2. The lowest BCUT2D eigenvalue weighted by Gasteiger charge is -1.93. The molecule has 0 fully saturated rings. The van der Waals surface area contributed by atoms with Gasteiger partial charge in [-0.05, 0) is 0 Å². The molecule has 6 heteroatoms. The summed E-state index contributed by atoms with van der Waals surface area (Å²) in [6.45, 7) is 0. The van der Waals surface area contributed by atoms with Crippen LogP contribution >= 0.6 is 22.9 Å². The standard InChI is InChI=1S/C8H5ClN2O2S/c1-11-5(3-13)4(2-12)6-7(11)10-8(9)14-6/h2-3H,1H3. The van der Waals surface area contributed by atoms with Crippen molar-refractivity contribution in [2.45, 2.75) is 0 Å². The predicted octanol–water partition coefficient (Wildman–Crippen LogP) is 1.91. The zero-order chi connectivity index (χ0) is 10.3. The molecule has 0 atom stereocenters. The van der Waals surface area contributed by atoms with Crippen molar-refractivity contribution in [3.05, 3.63) is 15.7 Å². The van der Waals surface area contributed by atoms with Gasteiger partial charge in [0.25, 0.3) is 0 Å². The number of aryl methyl sites for hydroxylation is 1. The fourth-order valence-corrected chi connectivity index (χ4v) is 2.51. The third-order valence-electron chi connectivity index (χ3n) is 2.01. The molecule has 2 aromatic heterocycles. The molecule has 2 heterocycles. The minimum atomic E-state index is 0.338. The highest BCUT2D eigenvalue weighted by Gasteiger charge is 2.17. The van der Waals surface area contributed by atoms with Crippen molar-refractivity contribution in [1.29, 1.82) is 0 Å². The highest BCUT2D eigenvalue weighted by molar-refractivity contribution is 7.22. The van der Waals surface area contributed by atoms with Crippen molar-refractivity contribution in [3.8, 4) is 0 Å². The summed E-state index contributed by atoms with van der Waals surface area (Å²) >= 11 is 6.91. The van der Waals surface area contributed by atoms with Crippen molar-refractivity contribution in [2.75, 3.05) is 0 Å². The van der Waals surface area contributed by atoms with E-state index in [1.165, 1.54) is 11.3 Å². The molecular formula is C8H5ClN2O2S. The summed E-state index contributed by atoms with van der Waals surface area (Å²) in [5.74, 6) is 0. The van der Waals surface area contributed by atoms with E-state index in [1.807, 2.05) is 0 Å². The number of aldehydes is 2. The molecule has 2 aromatic rings. The maximum atomic E-state index is 10.8. The number of carbonyl (C=O) groups excluding carboxylic acids is 2. The number of fused-ring (bicyclic) bond motifs is 1. The molecule has 0 aromatic carbocycles. The molecule has 0 N–H and O–H groups in total. The molecule has 0 radical (unpaired) electrons. The topological polar surface area (TPSA) is 52.0 Å². The van der Waals surface area contributed by atoms with Crippen LogP contribution in [-0.4, -0.2) is 22.1 Å². The molecule has 4 nitrogen and oxygen atoms in total. The normalized spacial score (nSPS) is 10.7. The van der Waals surface area contributed by atoms with E-state index in [-0.39, 0.29) is 0 Å². The Morgan fingerprint density at radius 2 is 2.14 bits per heavy atom. The van der Waals surface area contributed by atoms with Gasteiger partial charge < -0.3 is 4.57 Å². The second-order valence-electron chi connectivity index (χ2n) is 2.71. The van der Waals surface area contributed by atoms with Gasteiger partial charge in [0.1, 0.15) is 0 Å². The van der Waals surface area contributed by atoms with E-state index in [0.29, 0.717) is 38.6 Å². The minimum absolute atomic E-state index is 0.338.